The summed E-state index contributed by atoms with van der Waals surface area (Å²) >= 11 is 0. The SMILES string of the molecule is C=CCCCOCC(F)(F)C(=O)O. The zero-order valence-electron chi connectivity index (χ0n) is 7.13. The monoisotopic (exact) mass is 194 g/mol. The molecule has 0 aromatic carbocycles. The Morgan fingerprint density at radius 3 is 2.69 bits per heavy atom. The Balaban J connectivity index is 3.52. The molecule has 0 fully saturated rings. The van der Waals surface area contributed by atoms with Crippen LogP contribution in [0.5, 0.6) is 0 Å². The van der Waals surface area contributed by atoms with Crippen LogP contribution in [0, 0.1) is 0 Å². The maximum Gasteiger partial charge on any atom is 0.377 e. The van der Waals surface area contributed by atoms with Crippen molar-refractivity contribution in [3.8, 4) is 0 Å². The summed E-state index contributed by atoms with van der Waals surface area (Å²) in [5.41, 5.74) is 0. The standard InChI is InChI=1S/C8H12F2O3/c1-2-3-4-5-13-6-8(9,10)7(11)12/h2H,1,3-6H2,(H,11,12). The molecule has 0 aromatic rings. The van der Waals surface area contributed by atoms with Gasteiger partial charge in [-0.15, -0.1) is 6.58 Å². The summed E-state index contributed by atoms with van der Waals surface area (Å²) < 4.78 is 29.1. The van der Waals surface area contributed by atoms with Crippen molar-refractivity contribution in [2.45, 2.75) is 18.8 Å². The van der Waals surface area contributed by atoms with E-state index in [9.17, 15) is 13.6 Å². The molecule has 0 unspecified atom stereocenters. The third-order valence-corrected chi connectivity index (χ3v) is 1.29. The zero-order valence-corrected chi connectivity index (χ0v) is 7.13. The predicted molar refractivity (Wildman–Crippen MR) is 42.8 cm³/mol. The zero-order chi connectivity index (χ0) is 10.3. The molecule has 0 bridgehead atoms. The van der Waals surface area contributed by atoms with Gasteiger partial charge in [-0.1, -0.05) is 6.08 Å². The van der Waals surface area contributed by atoms with Crippen LogP contribution < -0.4 is 0 Å². The van der Waals surface area contributed by atoms with E-state index in [2.05, 4.69) is 11.3 Å². The Morgan fingerprint density at radius 2 is 2.23 bits per heavy atom. The van der Waals surface area contributed by atoms with Crippen LogP contribution in [-0.4, -0.2) is 30.2 Å². The van der Waals surface area contributed by atoms with Gasteiger partial charge < -0.3 is 9.84 Å². The van der Waals surface area contributed by atoms with Crippen molar-refractivity contribution in [3.05, 3.63) is 12.7 Å². The van der Waals surface area contributed by atoms with Crippen molar-refractivity contribution in [3.63, 3.8) is 0 Å². The third kappa shape index (κ3) is 5.30. The number of halogens is 2. The van der Waals surface area contributed by atoms with Gasteiger partial charge in [0, 0.05) is 6.61 Å². The summed E-state index contributed by atoms with van der Waals surface area (Å²) in [5.74, 6) is -5.94. The Kier molecular flexibility index (Phi) is 5.22. The van der Waals surface area contributed by atoms with Gasteiger partial charge in [0.05, 0.1) is 0 Å². The summed E-state index contributed by atoms with van der Waals surface area (Å²) in [7, 11) is 0. The molecule has 3 nitrogen and oxygen atoms in total. The first-order chi connectivity index (χ1) is 6.00. The number of alkyl halides is 2. The number of allylic oxidation sites excluding steroid dienone is 1. The van der Waals surface area contributed by atoms with Gasteiger partial charge in [-0.05, 0) is 12.8 Å². The second kappa shape index (κ2) is 5.64. The van der Waals surface area contributed by atoms with E-state index in [4.69, 9.17) is 5.11 Å². The molecular weight excluding hydrogens is 182 g/mol. The van der Waals surface area contributed by atoms with Crippen molar-refractivity contribution in [1.82, 2.24) is 0 Å². The molecule has 76 valence electrons. The molecule has 0 saturated heterocycles. The highest BCUT2D eigenvalue weighted by molar-refractivity contribution is 5.75. The minimum Gasteiger partial charge on any atom is -0.477 e. The lowest BCUT2D eigenvalue weighted by molar-refractivity contribution is -0.173. The van der Waals surface area contributed by atoms with Gasteiger partial charge in [-0.3, -0.25) is 0 Å². The first-order valence-electron chi connectivity index (χ1n) is 3.80. The number of hydrogen-bond acceptors (Lipinski definition) is 2. The number of carboxylic acid groups (broad SMARTS) is 1. The van der Waals surface area contributed by atoms with E-state index in [1.807, 2.05) is 0 Å². The van der Waals surface area contributed by atoms with Crippen molar-refractivity contribution >= 4 is 5.97 Å². The lowest BCUT2D eigenvalue weighted by Gasteiger charge is -2.10. The fourth-order valence-corrected chi connectivity index (χ4v) is 0.592. The molecule has 0 aliphatic rings. The Hall–Kier alpha value is -0.970. The smallest absolute Gasteiger partial charge is 0.377 e. The van der Waals surface area contributed by atoms with Crippen LogP contribution in [0.1, 0.15) is 12.8 Å². The van der Waals surface area contributed by atoms with E-state index in [1.165, 1.54) is 0 Å². The molecule has 0 heterocycles. The molecule has 13 heavy (non-hydrogen) atoms. The molecule has 5 heteroatoms. The number of rotatable bonds is 7. The summed E-state index contributed by atoms with van der Waals surface area (Å²) in [6.07, 6.45) is 2.87. The number of carboxylic acids is 1. The molecule has 0 amide bonds. The van der Waals surface area contributed by atoms with Crippen molar-refractivity contribution < 1.29 is 23.4 Å². The number of carbonyl (C=O) groups is 1. The molecule has 1 N–H and O–H groups in total. The molecule has 0 aliphatic carbocycles. The van der Waals surface area contributed by atoms with E-state index in [-0.39, 0.29) is 6.61 Å². The Morgan fingerprint density at radius 1 is 1.62 bits per heavy atom. The Labute approximate surface area is 75.0 Å². The van der Waals surface area contributed by atoms with E-state index in [0.29, 0.717) is 12.8 Å². The van der Waals surface area contributed by atoms with Gasteiger partial charge in [0.15, 0.2) is 0 Å². The van der Waals surface area contributed by atoms with Crippen LogP contribution in [-0.2, 0) is 9.53 Å². The van der Waals surface area contributed by atoms with Gasteiger partial charge in [-0.25, -0.2) is 4.79 Å². The predicted octanol–water partition coefficient (Wildman–Crippen LogP) is 1.69. The largest absolute Gasteiger partial charge is 0.477 e. The number of unbranched alkanes of at least 4 members (excludes halogenated alkanes) is 1. The summed E-state index contributed by atoms with van der Waals surface area (Å²) in [5, 5.41) is 8.00. The van der Waals surface area contributed by atoms with E-state index < -0.39 is 18.5 Å². The number of hydrogen-bond donors (Lipinski definition) is 1. The average molecular weight is 194 g/mol. The second-order valence-corrected chi connectivity index (χ2v) is 2.49. The van der Waals surface area contributed by atoms with Crippen LogP contribution in [0.3, 0.4) is 0 Å². The lowest BCUT2D eigenvalue weighted by atomic mass is 10.3. The van der Waals surface area contributed by atoms with E-state index in [0.717, 1.165) is 0 Å². The molecule has 0 aromatic heterocycles. The van der Waals surface area contributed by atoms with Crippen LogP contribution in [0.2, 0.25) is 0 Å². The van der Waals surface area contributed by atoms with Gasteiger partial charge in [0.2, 0.25) is 0 Å². The Bertz CT molecular complexity index is 180. The minimum absolute atomic E-state index is 0.120. The molecule has 0 aliphatic heterocycles. The van der Waals surface area contributed by atoms with Gasteiger partial charge >= 0.3 is 11.9 Å². The first kappa shape index (κ1) is 12.0. The highest BCUT2D eigenvalue weighted by Crippen LogP contribution is 2.13. The number of ether oxygens (including phenoxy) is 1. The van der Waals surface area contributed by atoms with E-state index >= 15 is 0 Å². The minimum atomic E-state index is -3.78. The second-order valence-electron chi connectivity index (χ2n) is 2.49. The fourth-order valence-electron chi connectivity index (χ4n) is 0.592. The maximum atomic E-state index is 12.3. The van der Waals surface area contributed by atoms with Crippen molar-refractivity contribution in [2.24, 2.45) is 0 Å². The molecule has 0 saturated carbocycles. The van der Waals surface area contributed by atoms with Crippen molar-refractivity contribution in [1.29, 1.82) is 0 Å². The average Bonchev–Trinajstić information content (AvgIpc) is 2.03. The van der Waals surface area contributed by atoms with Crippen LogP contribution in [0.25, 0.3) is 0 Å². The van der Waals surface area contributed by atoms with Gasteiger partial charge in [0.25, 0.3) is 0 Å². The number of aliphatic carboxylic acids is 1. The summed E-state index contributed by atoms with van der Waals surface area (Å²) in [6, 6.07) is 0. The highest BCUT2D eigenvalue weighted by Gasteiger charge is 2.38. The summed E-state index contributed by atoms with van der Waals surface area (Å²) in [4.78, 5) is 9.89. The van der Waals surface area contributed by atoms with Crippen LogP contribution in [0.4, 0.5) is 8.78 Å². The molecule has 0 atom stereocenters. The first-order valence-corrected chi connectivity index (χ1v) is 3.80. The van der Waals surface area contributed by atoms with Gasteiger partial charge in [0.1, 0.15) is 6.61 Å². The maximum absolute atomic E-state index is 12.3. The van der Waals surface area contributed by atoms with Gasteiger partial charge in [-0.2, -0.15) is 8.78 Å². The topological polar surface area (TPSA) is 46.5 Å². The quantitative estimate of drug-likeness (QED) is 0.495. The molecular formula is C8H12F2O3. The van der Waals surface area contributed by atoms with Crippen LogP contribution >= 0.6 is 0 Å². The third-order valence-electron chi connectivity index (χ3n) is 1.29. The highest BCUT2D eigenvalue weighted by atomic mass is 19.3. The van der Waals surface area contributed by atoms with Crippen LogP contribution in [0.15, 0.2) is 12.7 Å². The van der Waals surface area contributed by atoms with Crippen molar-refractivity contribution in [2.75, 3.05) is 13.2 Å². The molecule has 0 spiro atoms. The van der Waals surface area contributed by atoms with E-state index in [1.54, 1.807) is 6.08 Å². The normalized spacial score (nSPS) is 11.2. The fraction of sp³-hybridized carbons (Fsp3) is 0.625. The lowest BCUT2D eigenvalue weighted by Crippen LogP contribution is -2.33. The molecule has 0 radical (unpaired) electrons. The summed E-state index contributed by atoms with van der Waals surface area (Å²) in [6.45, 7) is 2.49. The molecule has 0 rings (SSSR count).